The second kappa shape index (κ2) is 11.5. The molecular formula is C30H33F3N6O2. The molecule has 0 radical (unpaired) electrons. The molecule has 41 heavy (non-hydrogen) atoms. The van der Waals surface area contributed by atoms with Gasteiger partial charge in [-0.1, -0.05) is 30.3 Å². The normalized spacial score (nSPS) is 17.1. The number of hydrogen-bond donors (Lipinski definition) is 1. The molecule has 0 aliphatic carbocycles. The molecule has 0 bridgehead atoms. The Bertz CT molecular complexity index is 1520. The Morgan fingerprint density at radius 2 is 1.83 bits per heavy atom. The molecule has 3 heterocycles. The molecule has 11 heteroatoms. The largest absolute Gasteiger partial charge is 0.497 e. The van der Waals surface area contributed by atoms with Crippen molar-refractivity contribution in [3.63, 3.8) is 0 Å². The number of methoxy groups -OCH3 is 1. The number of hydrogen-bond acceptors (Lipinski definition) is 6. The fraction of sp³-hybridized carbons (Fsp3) is 0.367. The van der Waals surface area contributed by atoms with Crippen LogP contribution in [0.25, 0.3) is 16.9 Å². The molecule has 216 valence electrons. The van der Waals surface area contributed by atoms with Crippen LogP contribution in [0.5, 0.6) is 5.75 Å². The molecule has 1 amide bonds. The summed E-state index contributed by atoms with van der Waals surface area (Å²) in [5.74, 6) is 0.184. The van der Waals surface area contributed by atoms with E-state index in [2.05, 4.69) is 32.4 Å². The fourth-order valence-corrected chi connectivity index (χ4v) is 5.64. The van der Waals surface area contributed by atoms with Gasteiger partial charge in [0.25, 0.3) is 5.91 Å². The van der Waals surface area contributed by atoms with Crippen LogP contribution in [0.15, 0.2) is 60.8 Å². The van der Waals surface area contributed by atoms with Gasteiger partial charge >= 0.3 is 6.18 Å². The number of likely N-dealkylation sites (N-methyl/N-ethyl adjacent to an activating group) is 1. The number of benzene rings is 2. The molecular weight excluding hydrogens is 533 g/mol. The van der Waals surface area contributed by atoms with Crippen molar-refractivity contribution in [2.75, 3.05) is 40.3 Å². The second-order valence-corrected chi connectivity index (χ2v) is 10.3. The van der Waals surface area contributed by atoms with Gasteiger partial charge in [0, 0.05) is 49.4 Å². The Kier molecular flexibility index (Phi) is 8.01. The Morgan fingerprint density at radius 3 is 2.44 bits per heavy atom. The number of ether oxygens (including phenoxy) is 1. The molecule has 1 N–H and O–H groups in total. The lowest BCUT2D eigenvalue weighted by Gasteiger charge is -2.43. The third kappa shape index (κ3) is 5.51. The fourth-order valence-electron chi connectivity index (χ4n) is 5.64. The van der Waals surface area contributed by atoms with Gasteiger partial charge < -0.3 is 15.0 Å². The van der Waals surface area contributed by atoms with E-state index in [9.17, 15) is 18.0 Å². The third-order valence-electron chi connectivity index (χ3n) is 7.69. The zero-order valence-corrected chi connectivity index (χ0v) is 23.4. The zero-order valence-electron chi connectivity index (χ0n) is 23.4. The highest BCUT2D eigenvalue weighted by molar-refractivity contribution is 6.00. The molecule has 2 atom stereocenters. The van der Waals surface area contributed by atoms with E-state index in [-0.39, 0.29) is 40.5 Å². The van der Waals surface area contributed by atoms with E-state index in [4.69, 9.17) is 4.74 Å². The summed E-state index contributed by atoms with van der Waals surface area (Å²) < 4.78 is 48.9. The summed E-state index contributed by atoms with van der Waals surface area (Å²) in [6, 6.07) is 16.8. The summed E-state index contributed by atoms with van der Waals surface area (Å²) in [4.78, 5) is 22.5. The maximum Gasteiger partial charge on any atom is 0.433 e. The first-order chi connectivity index (χ1) is 19.6. The van der Waals surface area contributed by atoms with E-state index in [1.54, 1.807) is 29.2 Å². The summed E-state index contributed by atoms with van der Waals surface area (Å²) >= 11 is 0. The molecule has 0 saturated carbocycles. The predicted molar refractivity (Wildman–Crippen MR) is 150 cm³/mol. The Labute approximate surface area is 236 Å². The predicted octanol–water partition coefficient (Wildman–Crippen LogP) is 4.84. The number of halogens is 3. The van der Waals surface area contributed by atoms with Gasteiger partial charge in [-0.2, -0.15) is 18.3 Å². The molecule has 1 fully saturated rings. The minimum atomic E-state index is -4.71. The molecule has 5 rings (SSSR count). The van der Waals surface area contributed by atoms with Gasteiger partial charge in [-0.25, -0.2) is 9.50 Å². The van der Waals surface area contributed by atoms with Gasteiger partial charge in [0.1, 0.15) is 11.3 Å². The molecule has 8 nitrogen and oxygen atoms in total. The van der Waals surface area contributed by atoms with Crippen LogP contribution < -0.4 is 10.1 Å². The number of nitrogens with zero attached hydrogens (tertiary/aromatic N) is 5. The van der Waals surface area contributed by atoms with Gasteiger partial charge in [0.05, 0.1) is 19.0 Å². The molecule has 1 aliphatic rings. The van der Waals surface area contributed by atoms with Crippen molar-refractivity contribution in [1.29, 1.82) is 0 Å². The molecule has 1 saturated heterocycles. The summed E-state index contributed by atoms with van der Waals surface area (Å²) in [6.45, 7) is 5.73. The first kappa shape index (κ1) is 28.6. The number of nitrogens with one attached hydrogen (secondary N) is 1. The molecule has 2 aromatic carbocycles. The second-order valence-electron chi connectivity index (χ2n) is 10.3. The number of alkyl halides is 3. The highest BCUT2D eigenvalue weighted by Gasteiger charge is 2.39. The van der Waals surface area contributed by atoms with Gasteiger partial charge in [0.2, 0.25) is 0 Å². The summed E-state index contributed by atoms with van der Waals surface area (Å²) in [7, 11) is 3.42. The van der Waals surface area contributed by atoms with E-state index in [1.807, 2.05) is 32.2 Å². The van der Waals surface area contributed by atoms with Gasteiger partial charge in [-0.15, -0.1) is 0 Å². The number of carbonyl (C=O) groups excluding carboxylic acids is 1. The molecule has 2 aromatic heterocycles. The van der Waals surface area contributed by atoms with Crippen LogP contribution in [0.2, 0.25) is 0 Å². The topological polar surface area (TPSA) is 75.0 Å². The molecule has 1 aliphatic heterocycles. The smallest absolute Gasteiger partial charge is 0.433 e. The number of fused-ring (bicyclic) bond motifs is 1. The van der Waals surface area contributed by atoms with E-state index in [0.717, 1.165) is 11.1 Å². The number of aromatic nitrogens is 3. The number of amides is 1. The average molecular weight is 567 g/mol. The van der Waals surface area contributed by atoms with Crippen LogP contribution in [0.1, 0.15) is 40.1 Å². The molecule has 1 unspecified atom stereocenters. The van der Waals surface area contributed by atoms with Crippen LogP contribution in [0.3, 0.4) is 0 Å². The highest BCUT2D eigenvalue weighted by atomic mass is 19.4. The lowest BCUT2D eigenvalue weighted by molar-refractivity contribution is -0.143. The summed E-state index contributed by atoms with van der Waals surface area (Å²) in [5, 5.41) is 7.27. The SMILES string of the molecule is CNCC(c1ccccc1)N1CCN(C(=O)c2cnn3c(C(F)(F)F)c(C)c(-c4ccc(OC)cc4)nc23)[C@H](C)C1. The van der Waals surface area contributed by atoms with Gasteiger partial charge in [0.15, 0.2) is 11.3 Å². The molecule has 4 aromatic rings. The summed E-state index contributed by atoms with van der Waals surface area (Å²) in [6.07, 6.45) is -3.51. The van der Waals surface area contributed by atoms with E-state index < -0.39 is 11.9 Å². The highest BCUT2D eigenvalue weighted by Crippen LogP contribution is 2.37. The van der Waals surface area contributed by atoms with Crippen molar-refractivity contribution < 1.29 is 22.7 Å². The minimum absolute atomic E-state index is 0.0420. The Morgan fingerprint density at radius 1 is 1.12 bits per heavy atom. The first-order valence-electron chi connectivity index (χ1n) is 13.5. The van der Waals surface area contributed by atoms with Crippen molar-refractivity contribution in [1.82, 2.24) is 29.7 Å². The van der Waals surface area contributed by atoms with Crippen molar-refractivity contribution >= 4 is 11.6 Å². The molecule has 0 spiro atoms. The number of carbonyl (C=O) groups is 1. The van der Waals surface area contributed by atoms with Crippen LogP contribution in [-0.2, 0) is 6.18 Å². The zero-order chi connectivity index (χ0) is 29.3. The Hall–Kier alpha value is -3.96. The minimum Gasteiger partial charge on any atom is -0.497 e. The van der Waals surface area contributed by atoms with Crippen LogP contribution in [0.4, 0.5) is 13.2 Å². The van der Waals surface area contributed by atoms with Crippen molar-refractivity contribution in [3.05, 3.63) is 83.2 Å². The average Bonchev–Trinajstić information content (AvgIpc) is 3.38. The lowest BCUT2D eigenvalue weighted by Crippen LogP contribution is -2.55. The van der Waals surface area contributed by atoms with Crippen LogP contribution in [-0.4, -0.2) is 76.7 Å². The van der Waals surface area contributed by atoms with E-state index in [0.29, 0.717) is 30.9 Å². The third-order valence-corrected chi connectivity index (χ3v) is 7.69. The van der Waals surface area contributed by atoms with Crippen LogP contribution in [0, 0.1) is 6.92 Å². The number of rotatable bonds is 7. The quantitative estimate of drug-likeness (QED) is 0.345. The maximum absolute atomic E-state index is 14.3. The monoisotopic (exact) mass is 566 g/mol. The first-order valence-corrected chi connectivity index (χ1v) is 13.5. The van der Waals surface area contributed by atoms with Crippen molar-refractivity contribution in [2.24, 2.45) is 0 Å². The van der Waals surface area contributed by atoms with E-state index >= 15 is 0 Å². The van der Waals surface area contributed by atoms with Gasteiger partial charge in [-0.05, 0) is 50.7 Å². The van der Waals surface area contributed by atoms with Crippen molar-refractivity contribution in [2.45, 2.75) is 32.1 Å². The van der Waals surface area contributed by atoms with Crippen LogP contribution >= 0.6 is 0 Å². The summed E-state index contributed by atoms with van der Waals surface area (Å²) in [5.41, 5.74) is 0.693. The number of piperazine rings is 1. The van der Waals surface area contributed by atoms with Gasteiger partial charge in [-0.3, -0.25) is 9.69 Å². The van der Waals surface area contributed by atoms with E-state index in [1.165, 1.54) is 25.8 Å². The Balaban J connectivity index is 1.49. The van der Waals surface area contributed by atoms with Crippen molar-refractivity contribution in [3.8, 4) is 17.0 Å². The lowest BCUT2D eigenvalue weighted by atomic mass is 10.0. The standard InChI is InChI=1S/C30H33F3N6O2/c1-19-18-37(25(17-34-3)21-8-6-5-7-9-21)14-15-38(19)29(40)24-16-35-39-27(30(31,32)33)20(2)26(36-28(24)39)22-10-12-23(41-4)13-11-22/h5-13,16,19,25,34H,14-15,17-18H2,1-4H3/t19-,25?/m1/s1. The maximum atomic E-state index is 14.3.